The standard InChI is InChI=1S/C19H25N3/c1-6-13(4)14-7-8-16-17(9-14)21-19(20-16)18-10-15(12(2)3)11-22(18)5/h7-13H,6H2,1-5H3,(H,20,21). The van der Waals surface area contributed by atoms with Crippen molar-refractivity contribution in [2.45, 2.75) is 46.0 Å². The van der Waals surface area contributed by atoms with Crippen LogP contribution in [0.2, 0.25) is 0 Å². The molecule has 3 heteroatoms. The molecule has 2 aromatic heterocycles. The Kier molecular flexibility index (Phi) is 3.81. The van der Waals surface area contributed by atoms with Gasteiger partial charge in [-0.3, -0.25) is 0 Å². The third-order valence-electron chi connectivity index (χ3n) is 4.62. The summed E-state index contributed by atoms with van der Waals surface area (Å²) < 4.78 is 2.16. The molecule has 3 nitrogen and oxygen atoms in total. The third kappa shape index (κ3) is 2.56. The van der Waals surface area contributed by atoms with Crippen LogP contribution in [0.3, 0.4) is 0 Å². The zero-order chi connectivity index (χ0) is 15.9. The van der Waals surface area contributed by atoms with Crippen molar-refractivity contribution in [2.75, 3.05) is 0 Å². The van der Waals surface area contributed by atoms with Gasteiger partial charge in [0.1, 0.15) is 0 Å². The first kappa shape index (κ1) is 14.9. The summed E-state index contributed by atoms with van der Waals surface area (Å²) in [7, 11) is 2.08. The first-order chi connectivity index (χ1) is 10.5. The molecule has 1 N–H and O–H groups in total. The Labute approximate surface area is 132 Å². The van der Waals surface area contributed by atoms with Crippen molar-refractivity contribution in [3.63, 3.8) is 0 Å². The molecule has 0 amide bonds. The number of aromatic amines is 1. The lowest BCUT2D eigenvalue weighted by atomic mass is 9.98. The van der Waals surface area contributed by atoms with Crippen molar-refractivity contribution in [3.8, 4) is 11.5 Å². The van der Waals surface area contributed by atoms with Crippen molar-refractivity contribution in [2.24, 2.45) is 7.05 Å². The number of nitrogens with zero attached hydrogens (tertiary/aromatic N) is 2. The SMILES string of the molecule is CCC(C)c1ccc2nc(-c3cc(C(C)C)cn3C)[nH]c2c1. The van der Waals surface area contributed by atoms with E-state index in [4.69, 9.17) is 4.98 Å². The van der Waals surface area contributed by atoms with Crippen LogP contribution in [0.4, 0.5) is 0 Å². The molecule has 0 saturated carbocycles. The van der Waals surface area contributed by atoms with Crippen molar-refractivity contribution >= 4 is 11.0 Å². The number of rotatable bonds is 4. The highest BCUT2D eigenvalue weighted by molar-refractivity contribution is 5.79. The first-order valence-corrected chi connectivity index (χ1v) is 8.16. The van der Waals surface area contributed by atoms with Crippen LogP contribution in [0.25, 0.3) is 22.6 Å². The van der Waals surface area contributed by atoms with Crippen LogP contribution >= 0.6 is 0 Å². The van der Waals surface area contributed by atoms with E-state index < -0.39 is 0 Å². The molecule has 22 heavy (non-hydrogen) atoms. The summed E-state index contributed by atoms with van der Waals surface area (Å²) in [5, 5.41) is 0. The maximum absolute atomic E-state index is 4.77. The lowest BCUT2D eigenvalue weighted by molar-refractivity contribution is 0.734. The van der Waals surface area contributed by atoms with Crippen molar-refractivity contribution in [1.82, 2.24) is 14.5 Å². The summed E-state index contributed by atoms with van der Waals surface area (Å²) in [5.41, 5.74) is 6.03. The van der Waals surface area contributed by atoms with Gasteiger partial charge < -0.3 is 9.55 Å². The number of fused-ring (bicyclic) bond motifs is 1. The number of aryl methyl sites for hydroxylation is 1. The number of benzene rings is 1. The molecular formula is C19H25N3. The highest BCUT2D eigenvalue weighted by atomic mass is 15.0. The van der Waals surface area contributed by atoms with E-state index >= 15 is 0 Å². The Balaban J connectivity index is 2.05. The van der Waals surface area contributed by atoms with Gasteiger partial charge >= 0.3 is 0 Å². The minimum absolute atomic E-state index is 0.529. The van der Waals surface area contributed by atoms with Gasteiger partial charge in [-0.05, 0) is 47.6 Å². The van der Waals surface area contributed by atoms with E-state index in [1.165, 1.54) is 11.1 Å². The van der Waals surface area contributed by atoms with E-state index in [0.717, 1.165) is 29.0 Å². The van der Waals surface area contributed by atoms with Gasteiger partial charge in [0.05, 0.1) is 16.7 Å². The fourth-order valence-corrected chi connectivity index (χ4v) is 2.83. The fraction of sp³-hybridized carbons (Fsp3) is 0.421. The normalized spacial score (nSPS) is 13.2. The minimum atomic E-state index is 0.529. The van der Waals surface area contributed by atoms with Gasteiger partial charge in [0.15, 0.2) is 5.82 Å². The molecule has 3 aromatic rings. The van der Waals surface area contributed by atoms with E-state index in [-0.39, 0.29) is 0 Å². The lowest BCUT2D eigenvalue weighted by Gasteiger charge is -2.07. The number of hydrogen-bond acceptors (Lipinski definition) is 1. The van der Waals surface area contributed by atoms with Crippen LogP contribution in [0.1, 0.15) is 57.1 Å². The average Bonchev–Trinajstić information content (AvgIpc) is 3.08. The summed E-state index contributed by atoms with van der Waals surface area (Å²) in [4.78, 5) is 8.26. The Morgan fingerprint density at radius 2 is 1.91 bits per heavy atom. The van der Waals surface area contributed by atoms with E-state index in [1.54, 1.807) is 0 Å². The van der Waals surface area contributed by atoms with E-state index in [9.17, 15) is 0 Å². The van der Waals surface area contributed by atoms with Crippen LogP contribution in [0.15, 0.2) is 30.5 Å². The molecule has 0 radical (unpaired) electrons. The third-order valence-corrected chi connectivity index (χ3v) is 4.62. The lowest BCUT2D eigenvalue weighted by Crippen LogP contribution is -1.90. The van der Waals surface area contributed by atoms with Gasteiger partial charge in [-0.2, -0.15) is 0 Å². The molecule has 3 rings (SSSR count). The van der Waals surface area contributed by atoms with E-state index in [1.807, 2.05) is 0 Å². The van der Waals surface area contributed by atoms with Gasteiger partial charge in [-0.15, -0.1) is 0 Å². The van der Waals surface area contributed by atoms with E-state index in [2.05, 4.69) is 74.8 Å². The Morgan fingerprint density at radius 3 is 2.55 bits per heavy atom. The molecule has 1 atom stereocenters. The predicted octanol–water partition coefficient (Wildman–Crippen LogP) is 5.21. The Morgan fingerprint density at radius 1 is 1.14 bits per heavy atom. The van der Waals surface area contributed by atoms with Crippen LogP contribution < -0.4 is 0 Å². The minimum Gasteiger partial charge on any atom is -0.348 e. The van der Waals surface area contributed by atoms with E-state index in [0.29, 0.717) is 11.8 Å². The molecule has 1 unspecified atom stereocenters. The summed E-state index contributed by atoms with van der Waals surface area (Å²) in [5.74, 6) is 2.06. The largest absolute Gasteiger partial charge is 0.348 e. The van der Waals surface area contributed by atoms with Gasteiger partial charge in [0, 0.05) is 13.2 Å². The molecule has 0 spiro atoms. The quantitative estimate of drug-likeness (QED) is 0.704. The maximum atomic E-state index is 4.77. The highest BCUT2D eigenvalue weighted by Crippen LogP contribution is 2.27. The van der Waals surface area contributed by atoms with Crippen LogP contribution in [0.5, 0.6) is 0 Å². The smallest absolute Gasteiger partial charge is 0.155 e. The summed E-state index contributed by atoms with van der Waals surface area (Å²) in [6, 6.07) is 8.80. The molecule has 0 bridgehead atoms. The summed E-state index contributed by atoms with van der Waals surface area (Å²) >= 11 is 0. The summed E-state index contributed by atoms with van der Waals surface area (Å²) in [6.07, 6.45) is 3.35. The van der Waals surface area contributed by atoms with Gasteiger partial charge in [-0.25, -0.2) is 4.98 Å². The number of H-pyrrole nitrogens is 1. The molecule has 0 aliphatic carbocycles. The van der Waals surface area contributed by atoms with Crippen LogP contribution in [-0.2, 0) is 7.05 Å². The predicted molar refractivity (Wildman–Crippen MR) is 93.3 cm³/mol. The number of imidazole rings is 1. The zero-order valence-corrected chi connectivity index (χ0v) is 14.1. The van der Waals surface area contributed by atoms with Gasteiger partial charge in [-0.1, -0.05) is 33.8 Å². The topological polar surface area (TPSA) is 33.6 Å². The molecule has 1 aromatic carbocycles. The fourth-order valence-electron chi connectivity index (χ4n) is 2.83. The maximum Gasteiger partial charge on any atom is 0.155 e. The average molecular weight is 295 g/mol. The van der Waals surface area contributed by atoms with Crippen LogP contribution in [0, 0.1) is 0 Å². The number of hydrogen-bond donors (Lipinski definition) is 1. The Bertz CT molecular complexity index is 792. The van der Waals surface area contributed by atoms with Crippen molar-refractivity contribution < 1.29 is 0 Å². The van der Waals surface area contributed by atoms with Gasteiger partial charge in [0.2, 0.25) is 0 Å². The monoisotopic (exact) mass is 295 g/mol. The van der Waals surface area contributed by atoms with Crippen LogP contribution in [-0.4, -0.2) is 14.5 Å². The molecule has 0 saturated heterocycles. The second-order valence-electron chi connectivity index (χ2n) is 6.60. The molecular weight excluding hydrogens is 270 g/mol. The molecule has 2 heterocycles. The second kappa shape index (κ2) is 5.64. The number of nitrogens with one attached hydrogen (secondary N) is 1. The first-order valence-electron chi connectivity index (χ1n) is 8.16. The van der Waals surface area contributed by atoms with Crippen molar-refractivity contribution in [3.05, 3.63) is 41.6 Å². The van der Waals surface area contributed by atoms with Crippen molar-refractivity contribution in [1.29, 1.82) is 0 Å². The molecule has 0 aliphatic rings. The Hall–Kier alpha value is -2.03. The molecule has 116 valence electrons. The second-order valence-corrected chi connectivity index (χ2v) is 6.60. The van der Waals surface area contributed by atoms with Gasteiger partial charge in [0.25, 0.3) is 0 Å². The summed E-state index contributed by atoms with van der Waals surface area (Å²) in [6.45, 7) is 8.93. The zero-order valence-electron chi connectivity index (χ0n) is 14.1. The highest BCUT2D eigenvalue weighted by Gasteiger charge is 2.13. The number of aromatic nitrogens is 3. The molecule has 0 fully saturated rings. The molecule has 0 aliphatic heterocycles.